The van der Waals surface area contributed by atoms with E-state index in [1.54, 1.807) is 49.6 Å². The third kappa shape index (κ3) is 4.54. The zero-order chi connectivity index (χ0) is 16.8. The maximum atomic E-state index is 12.3. The molecule has 2 N–H and O–H groups in total. The molecule has 0 aliphatic heterocycles. The number of benzene rings is 1. The molecule has 0 aliphatic rings. The molecule has 6 nitrogen and oxygen atoms in total. The molecule has 0 saturated heterocycles. The van der Waals surface area contributed by atoms with E-state index in [0.29, 0.717) is 11.4 Å². The zero-order valence-electron chi connectivity index (χ0n) is 13.3. The zero-order valence-corrected chi connectivity index (χ0v) is 13.3. The van der Waals surface area contributed by atoms with E-state index in [2.05, 4.69) is 15.6 Å². The number of carbonyl (C=O) groups is 2. The number of aromatic nitrogens is 1. The van der Waals surface area contributed by atoms with Gasteiger partial charge in [-0.2, -0.15) is 0 Å². The summed E-state index contributed by atoms with van der Waals surface area (Å²) in [5.74, 6) is -0.0608. The highest BCUT2D eigenvalue weighted by Crippen LogP contribution is 2.17. The Morgan fingerprint density at radius 1 is 1.04 bits per heavy atom. The van der Waals surface area contributed by atoms with E-state index in [1.165, 1.54) is 0 Å². The minimum absolute atomic E-state index is 0.00133. The number of pyridine rings is 1. The Bertz CT molecular complexity index is 714. The minimum atomic E-state index is -0.391. The number of nitrogens with one attached hydrogen (secondary N) is 2. The van der Waals surface area contributed by atoms with Crippen LogP contribution in [0.2, 0.25) is 0 Å². The molecule has 2 aromatic rings. The molecule has 120 valence electrons. The molecule has 2 amide bonds. The highest BCUT2D eigenvalue weighted by Gasteiger charge is 2.13. The van der Waals surface area contributed by atoms with Gasteiger partial charge in [-0.1, -0.05) is 12.1 Å². The van der Waals surface area contributed by atoms with Crippen LogP contribution >= 0.6 is 0 Å². The SMILES string of the molecule is COc1cccc(NC(=O)c2cccc(C(=O)NC(C)C)n2)c1. The van der Waals surface area contributed by atoms with Crippen molar-refractivity contribution in [3.63, 3.8) is 0 Å². The van der Waals surface area contributed by atoms with E-state index in [-0.39, 0.29) is 23.3 Å². The Hall–Kier alpha value is -2.89. The smallest absolute Gasteiger partial charge is 0.274 e. The first kappa shape index (κ1) is 16.5. The first-order chi connectivity index (χ1) is 11.0. The Morgan fingerprint density at radius 2 is 1.70 bits per heavy atom. The largest absolute Gasteiger partial charge is 0.497 e. The van der Waals surface area contributed by atoms with Crippen LogP contribution in [0.5, 0.6) is 5.75 Å². The maximum absolute atomic E-state index is 12.3. The number of ether oxygens (including phenoxy) is 1. The predicted molar refractivity (Wildman–Crippen MR) is 87.8 cm³/mol. The molecule has 0 spiro atoms. The van der Waals surface area contributed by atoms with Crippen molar-refractivity contribution >= 4 is 17.5 Å². The van der Waals surface area contributed by atoms with Gasteiger partial charge < -0.3 is 15.4 Å². The van der Waals surface area contributed by atoms with Gasteiger partial charge in [-0.3, -0.25) is 9.59 Å². The maximum Gasteiger partial charge on any atom is 0.274 e. The van der Waals surface area contributed by atoms with Crippen molar-refractivity contribution in [1.82, 2.24) is 10.3 Å². The number of hydrogen-bond donors (Lipinski definition) is 2. The second-order valence-electron chi connectivity index (χ2n) is 5.22. The van der Waals surface area contributed by atoms with Gasteiger partial charge in [0.25, 0.3) is 11.8 Å². The van der Waals surface area contributed by atoms with Gasteiger partial charge in [0.05, 0.1) is 7.11 Å². The standard InChI is InChI=1S/C17H19N3O3/c1-11(2)18-16(21)14-8-5-9-15(20-14)17(22)19-12-6-4-7-13(10-12)23-3/h4-11H,1-3H3,(H,18,21)(H,19,22). The van der Waals surface area contributed by atoms with Gasteiger partial charge in [-0.25, -0.2) is 4.98 Å². The summed E-state index contributed by atoms with van der Waals surface area (Å²) >= 11 is 0. The van der Waals surface area contributed by atoms with E-state index in [0.717, 1.165) is 0 Å². The van der Waals surface area contributed by atoms with Crippen molar-refractivity contribution < 1.29 is 14.3 Å². The summed E-state index contributed by atoms with van der Waals surface area (Å²) in [6, 6.07) is 11.8. The van der Waals surface area contributed by atoms with Crippen molar-refractivity contribution in [2.75, 3.05) is 12.4 Å². The summed E-state index contributed by atoms with van der Waals surface area (Å²) in [7, 11) is 1.55. The highest BCUT2D eigenvalue weighted by atomic mass is 16.5. The third-order valence-electron chi connectivity index (χ3n) is 2.96. The number of nitrogens with zero attached hydrogens (tertiary/aromatic N) is 1. The van der Waals surface area contributed by atoms with Gasteiger partial charge >= 0.3 is 0 Å². The number of hydrogen-bond acceptors (Lipinski definition) is 4. The van der Waals surface area contributed by atoms with E-state index < -0.39 is 5.91 Å². The van der Waals surface area contributed by atoms with Crippen LogP contribution < -0.4 is 15.4 Å². The molecular weight excluding hydrogens is 294 g/mol. The summed E-state index contributed by atoms with van der Waals surface area (Å²) in [6.45, 7) is 3.72. The number of carbonyl (C=O) groups excluding carboxylic acids is 2. The van der Waals surface area contributed by atoms with E-state index >= 15 is 0 Å². The fraction of sp³-hybridized carbons (Fsp3) is 0.235. The topological polar surface area (TPSA) is 80.3 Å². The van der Waals surface area contributed by atoms with Crippen molar-refractivity contribution in [1.29, 1.82) is 0 Å². The number of anilines is 1. The van der Waals surface area contributed by atoms with E-state index in [1.807, 2.05) is 13.8 Å². The number of rotatable bonds is 5. The Kier molecular flexibility index (Phi) is 5.30. The lowest BCUT2D eigenvalue weighted by atomic mass is 10.2. The monoisotopic (exact) mass is 313 g/mol. The highest BCUT2D eigenvalue weighted by molar-refractivity contribution is 6.03. The lowest BCUT2D eigenvalue weighted by Gasteiger charge is -2.09. The third-order valence-corrected chi connectivity index (χ3v) is 2.96. The quantitative estimate of drug-likeness (QED) is 0.888. The fourth-order valence-electron chi connectivity index (χ4n) is 1.92. The molecule has 0 aliphatic carbocycles. The summed E-state index contributed by atoms with van der Waals surface area (Å²) in [5.41, 5.74) is 0.967. The Morgan fingerprint density at radius 3 is 2.35 bits per heavy atom. The molecular formula is C17H19N3O3. The molecule has 1 aromatic heterocycles. The second kappa shape index (κ2) is 7.40. The van der Waals surface area contributed by atoms with Crippen LogP contribution in [0.15, 0.2) is 42.5 Å². The van der Waals surface area contributed by atoms with Crippen LogP contribution in [0.4, 0.5) is 5.69 Å². The summed E-state index contributed by atoms with van der Waals surface area (Å²) < 4.78 is 5.11. The van der Waals surface area contributed by atoms with Gasteiger partial charge in [0.15, 0.2) is 0 Å². The molecule has 0 radical (unpaired) electrons. The Balaban J connectivity index is 2.14. The summed E-state index contributed by atoms with van der Waals surface area (Å²) in [4.78, 5) is 28.3. The van der Waals surface area contributed by atoms with Crippen LogP contribution in [-0.2, 0) is 0 Å². The predicted octanol–water partition coefficient (Wildman–Crippen LogP) is 2.48. The molecule has 1 heterocycles. The average Bonchev–Trinajstić information content (AvgIpc) is 2.54. The van der Waals surface area contributed by atoms with Crippen molar-refractivity contribution in [2.24, 2.45) is 0 Å². The van der Waals surface area contributed by atoms with Crippen LogP contribution in [0, 0.1) is 0 Å². The minimum Gasteiger partial charge on any atom is -0.497 e. The fourth-order valence-corrected chi connectivity index (χ4v) is 1.92. The lowest BCUT2D eigenvalue weighted by Crippen LogP contribution is -2.31. The Labute approximate surface area is 134 Å². The van der Waals surface area contributed by atoms with E-state index in [4.69, 9.17) is 4.74 Å². The summed E-state index contributed by atoms with van der Waals surface area (Å²) in [5, 5.41) is 5.47. The van der Waals surface area contributed by atoms with Crippen LogP contribution in [0.25, 0.3) is 0 Å². The first-order valence-corrected chi connectivity index (χ1v) is 7.23. The van der Waals surface area contributed by atoms with E-state index in [9.17, 15) is 9.59 Å². The number of methoxy groups -OCH3 is 1. The van der Waals surface area contributed by atoms with Crippen LogP contribution in [0.3, 0.4) is 0 Å². The van der Waals surface area contributed by atoms with Crippen LogP contribution in [0.1, 0.15) is 34.8 Å². The second-order valence-corrected chi connectivity index (χ2v) is 5.22. The number of amides is 2. The van der Waals surface area contributed by atoms with Gasteiger partial charge in [-0.05, 0) is 38.1 Å². The van der Waals surface area contributed by atoms with Gasteiger partial charge in [-0.15, -0.1) is 0 Å². The first-order valence-electron chi connectivity index (χ1n) is 7.23. The van der Waals surface area contributed by atoms with Crippen molar-refractivity contribution in [3.8, 4) is 5.75 Å². The molecule has 2 rings (SSSR count). The molecule has 1 aromatic carbocycles. The molecule has 23 heavy (non-hydrogen) atoms. The molecule has 0 unspecified atom stereocenters. The van der Waals surface area contributed by atoms with Gasteiger partial charge in [0.2, 0.25) is 0 Å². The molecule has 0 atom stereocenters. The normalized spacial score (nSPS) is 10.3. The van der Waals surface area contributed by atoms with Gasteiger partial charge in [0, 0.05) is 17.8 Å². The van der Waals surface area contributed by atoms with Gasteiger partial charge in [0.1, 0.15) is 17.1 Å². The van der Waals surface area contributed by atoms with Crippen molar-refractivity contribution in [3.05, 3.63) is 53.9 Å². The molecule has 0 saturated carbocycles. The summed E-state index contributed by atoms with van der Waals surface area (Å²) in [6.07, 6.45) is 0. The molecule has 0 bridgehead atoms. The average molecular weight is 313 g/mol. The molecule has 6 heteroatoms. The van der Waals surface area contributed by atoms with Crippen molar-refractivity contribution in [2.45, 2.75) is 19.9 Å². The van der Waals surface area contributed by atoms with Crippen LogP contribution in [-0.4, -0.2) is 29.9 Å². The lowest BCUT2D eigenvalue weighted by molar-refractivity contribution is 0.0938. The molecule has 0 fully saturated rings.